The second kappa shape index (κ2) is 6.64. The van der Waals surface area contributed by atoms with Crippen molar-refractivity contribution in [1.82, 2.24) is 0 Å². The van der Waals surface area contributed by atoms with Crippen LogP contribution in [0.4, 0.5) is 15.8 Å². The summed E-state index contributed by atoms with van der Waals surface area (Å²) >= 11 is 0.779. The van der Waals surface area contributed by atoms with Crippen LogP contribution in [0.1, 0.15) is 18.6 Å². The number of hydrogen-bond acceptors (Lipinski definition) is 7. The number of thioether (sulfide) groups is 1. The Balaban J connectivity index is 3.01. The third kappa shape index (κ3) is 3.89. The molecule has 0 saturated carbocycles. The molecule has 0 aliphatic heterocycles. The van der Waals surface area contributed by atoms with Gasteiger partial charge in [0.15, 0.2) is 10.9 Å². The van der Waals surface area contributed by atoms with Crippen LogP contribution in [0.3, 0.4) is 0 Å². The zero-order valence-corrected chi connectivity index (χ0v) is 11.3. The number of carbonyl (C=O) groups is 1. The Hall–Kier alpha value is -1.71. The minimum absolute atomic E-state index is 0.115. The summed E-state index contributed by atoms with van der Waals surface area (Å²) in [6.07, 6.45) is -2.93. The van der Waals surface area contributed by atoms with E-state index in [1.54, 1.807) is 0 Å². The fourth-order valence-electron chi connectivity index (χ4n) is 1.46. The maximum Gasteiger partial charge on any atom is 0.295 e. The van der Waals surface area contributed by atoms with Gasteiger partial charge in [-0.25, -0.2) is 4.39 Å². The quantitative estimate of drug-likeness (QED) is 0.420. The molecule has 1 rings (SSSR count). The van der Waals surface area contributed by atoms with Crippen molar-refractivity contribution in [2.75, 3.05) is 11.5 Å². The highest BCUT2D eigenvalue weighted by Gasteiger charge is 2.25. The molecular weight excluding hydrogens is 291 g/mol. The largest absolute Gasteiger partial charge is 0.391 e. The molecule has 0 bridgehead atoms. The van der Waals surface area contributed by atoms with Crippen LogP contribution in [-0.4, -0.2) is 32.1 Å². The van der Waals surface area contributed by atoms with Crippen LogP contribution < -0.4 is 5.73 Å². The highest BCUT2D eigenvalue weighted by Crippen LogP contribution is 2.30. The number of anilines is 1. The Kier molecular flexibility index (Phi) is 5.43. The van der Waals surface area contributed by atoms with Crippen LogP contribution in [0.15, 0.2) is 12.1 Å². The summed E-state index contributed by atoms with van der Waals surface area (Å²) in [4.78, 5) is 20.6. The number of carbonyl (C=O) groups excluding carboxylic acids is 1. The molecule has 0 fully saturated rings. The Morgan fingerprint density at radius 2 is 2.15 bits per heavy atom. The highest BCUT2D eigenvalue weighted by atomic mass is 32.2. The predicted molar refractivity (Wildman–Crippen MR) is 71.6 cm³/mol. The number of nitrogens with two attached hydrogens (primary N) is 1. The van der Waals surface area contributed by atoms with E-state index in [0.29, 0.717) is 0 Å². The number of nitro benzene ring substituents is 1. The molecule has 110 valence electrons. The van der Waals surface area contributed by atoms with Gasteiger partial charge in [0, 0.05) is 18.7 Å². The van der Waals surface area contributed by atoms with Gasteiger partial charge in [-0.15, -0.1) is 0 Å². The van der Waals surface area contributed by atoms with E-state index in [-0.39, 0.29) is 16.4 Å². The molecule has 0 heterocycles. The van der Waals surface area contributed by atoms with Crippen molar-refractivity contribution in [2.24, 2.45) is 0 Å². The predicted octanol–water partition coefficient (Wildman–Crippen LogP) is 0.990. The first-order valence-electron chi connectivity index (χ1n) is 5.46. The van der Waals surface area contributed by atoms with Crippen molar-refractivity contribution >= 4 is 28.3 Å². The molecule has 1 aromatic rings. The van der Waals surface area contributed by atoms with Gasteiger partial charge in [-0.3, -0.25) is 14.9 Å². The first-order chi connectivity index (χ1) is 9.23. The number of nitrogens with zero attached hydrogens (tertiary/aromatic N) is 1. The van der Waals surface area contributed by atoms with Gasteiger partial charge in [-0.1, -0.05) is 11.8 Å². The number of aliphatic hydroxyl groups excluding tert-OH is 2. The number of aliphatic hydroxyl groups is 2. The second-order valence-corrected chi connectivity index (χ2v) is 5.20. The average molecular weight is 304 g/mol. The number of benzene rings is 1. The monoisotopic (exact) mass is 304 g/mol. The van der Waals surface area contributed by atoms with Crippen LogP contribution in [0.2, 0.25) is 0 Å². The molecule has 4 N–H and O–H groups in total. The Bertz CT molecular complexity index is 540. The van der Waals surface area contributed by atoms with E-state index in [4.69, 9.17) is 5.73 Å². The molecule has 0 aliphatic rings. The maximum atomic E-state index is 13.5. The maximum absolute atomic E-state index is 13.5. The first-order valence-corrected chi connectivity index (χ1v) is 6.45. The third-order valence-corrected chi connectivity index (χ3v) is 3.40. The normalized spacial score (nSPS) is 13.8. The zero-order chi connectivity index (χ0) is 15.4. The number of halogens is 1. The summed E-state index contributed by atoms with van der Waals surface area (Å²) in [5.41, 5.74) is 3.71. The van der Waals surface area contributed by atoms with Crippen LogP contribution >= 0.6 is 11.8 Å². The van der Waals surface area contributed by atoms with Crippen LogP contribution in [-0.2, 0) is 4.79 Å². The Morgan fingerprint density at radius 3 is 2.65 bits per heavy atom. The molecule has 0 amide bonds. The number of hydrogen-bond donors (Lipinski definition) is 3. The molecule has 7 nitrogen and oxygen atoms in total. The van der Waals surface area contributed by atoms with Crippen molar-refractivity contribution < 1.29 is 24.3 Å². The van der Waals surface area contributed by atoms with Crippen LogP contribution in [0, 0.1) is 15.9 Å². The SMILES string of the molecule is CC(=O)SCC(O)C(O)c1cc(F)c(N)c([N+](=O)[O-])c1. The minimum atomic E-state index is -1.56. The van der Waals surface area contributed by atoms with Crippen LogP contribution in [0.5, 0.6) is 0 Å². The first kappa shape index (κ1) is 16.3. The van der Waals surface area contributed by atoms with Gasteiger partial charge >= 0.3 is 0 Å². The molecule has 2 atom stereocenters. The van der Waals surface area contributed by atoms with Crippen molar-refractivity contribution in [3.8, 4) is 0 Å². The van der Waals surface area contributed by atoms with Gasteiger partial charge in [0.1, 0.15) is 11.8 Å². The van der Waals surface area contributed by atoms with E-state index in [0.717, 1.165) is 23.9 Å². The standard InChI is InChI=1S/C11H13FN2O5S/c1-5(15)20-4-9(16)11(17)6-2-7(12)10(13)8(3-6)14(18)19/h2-3,9,11,16-17H,4,13H2,1H3. The molecule has 0 radical (unpaired) electrons. The summed E-state index contributed by atoms with van der Waals surface area (Å²) in [6.45, 7) is 1.29. The summed E-state index contributed by atoms with van der Waals surface area (Å²) < 4.78 is 13.5. The lowest BCUT2D eigenvalue weighted by Crippen LogP contribution is -2.21. The Morgan fingerprint density at radius 1 is 1.55 bits per heavy atom. The Labute approximate surface area is 117 Å². The van der Waals surface area contributed by atoms with E-state index >= 15 is 0 Å². The lowest BCUT2D eigenvalue weighted by Gasteiger charge is -2.17. The summed E-state index contributed by atoms with van der Waals surface area (Å²) in [5.74, 6) is -1.17. The van der Waals surface area contributed by atoms with E-state index in [1.165, 1.54) is 6.92 Å². The summed E-state index contributed by atoms with van der Waals surface area (Å²) in [5, 5.41) is 29.9. The van der Waals surface area contributed by atoms with Crippen molar-refractivity contribution in [2.45, 2.75) is 19.1 Å². The van der Waals surface area contributed by atoms with E-state index < -0.39 is 34.3 Å². The molecule has 0 spiro atoms. The van der Waals surface area contributed by atoms with E-state index in [9.17, 15) is 29.5 Å². The molecule has 0 aliphatic carbocycles. The van der Waals surface area contributed by atoms with Gasteiger partial charge < -0.3 is 15.9 Å². The van der Waals surface area contributed by atoms with Gasteiger partial charge in [-0.2, -0.15) is 0 Å². The van der Waals surface area contributed by atoms with Gasteiger partial charge in [0.25, 0.3) is 5.69 Å². The van der Waals surface area contributed by atoms with E-state index in [2.05, 4.69) is 0 Å². The van der Waals surface area contributed by atoms with Gasteiger partial charge in [-0.05, 0) is 11.6 Å². The lowest BCUT2D eigenvalue weighted by molar-refractivity contribution is -0.384. The summed E-state index contributed by atoms with van der Waals surface area (Å²) in [7, 11) is 0. The fourth-order valence-corrected chi connectivity index (χ4v) is 2.05. The molecule has 20 heavy (non-hydrogen) atoms. The molecule has 0 aromatic heterocycles. The van der Waals surface area contributed by atoms with Gasteiger partial charge in [0.05, 0.1) is 11.0 Å². The van der Waals surface area contributed by atoms with Crippen molar-refractivity contribution in [3.63, 3.8) is 0 Å². The van der Waals surface area contributed by atoms with Crippen molar-refractivity contribution in [1.29, 1.82) is 0 Å². The molecule has 9 heteroatoms. The average Bonchev–Trinajstić information content (AvgIpc) is 2.37. The highest BCUT2D eigenvalue weighted by molar-refractivity contribution is 8.13. The second-order valence-electron chi connectivity index (χ2n) is 4.01. The van der Waals surface area contributed by atoms with Crippen molar-refractivity contribution in [3.05, 3.63) is 33.6 Å². The molecular formula is C11H13FN2O5S. The number of rotatable bonds is 5. The third-order valence-electron chi connectivity index (χ3n) is 2.49. The number of nitrogen functional groups attached to an aromatic ring is 1. The fraction of sp³-hybridized carbons (Fsp3) is 0.364. The minimum Gasteiger partial charge on any atom is -0.391 e. The van der Waals surface area contributed by atoms with Crippen LogP contribution in [0.25, 0.3) is 0 Å². The molecule has 0 saturated heterocycles. The summed E-state index contributed by atoms with van der Waals surface area (Å²) in [6, 6.07) is 1.71. The molecule has 2 unspecified atom stereocenters. The topological polar surface area (TPSA) is 127 Å². The smallest absolute Gasteiger partial charge is 0.295 e. The zero-order valence-electron chi connectivity index (χ0n) is 10.4. The van der Waals surface area contributed by atoms with E-state index in [1.807, 2.05) is 0 Å². The number of nitro groups is 1. The molecule has 1 aromatic carbocycles. The van der Waals surface area contributed by atoms with Gasteiger partial charge in [0.2, 0.25) is 0 Å². The lowest BCUT2D eigenvalue weighted by atomic mass is 10.0.